The second kappa shape index (κ2) is 12.3. The van der Waals surface area contributed by atoms with Gasteiger partial charge in [-0.3, -0.25) is 9.59 Å². The van der Waals surface area contributed by atoms with Crippen LogP contribution in [0.5, 0.6) is 0 Å². The van der Waals surface area contributed by atoms with Crippen LogP contribution in [-0.2, 0) is 19.1 Å². The van der Waals surface area contributed by atoms with E-state index in [1.165, 1.54) is 7.11 Å². The third-order valence-corrected chi connectivity index (χ3v) is 2.01. The highest BCUT2D eigenvalue weighted by atomic mass is 16.5. The van der Waals surface area contributed by atoms with Gasteiger partial charge in [-0.05, 0) is 7.05 Å². The fraction of sp³-hybridized carbons (Fsp3) is 0.818. The van der Waals surface area contributed by atoms with Crippen LogP contribution in [0, 0.1) is 0 Å². The Balaban J connectivity index is 3.20. The van der Waals surface area contributed by atoms with E-state index in [-0.39, 0.29) is 18.4 Å². The maximum Gasteiger partial charge on any atom is 0.246 e. The Kier molecular flexibility index (Phi) is 11.5. The van der Waals surface area contributed by atoms with Gasteiger partial charge >= 0.3 is 0 Å². The van der Waals surface area contributed by atoms with Gasteiger partial charge in [0, 0.05) is 33.2 Å². The summed E-state index contributed by atoms with van der Waals surface area (Å²) >= 11 is 0. The number of carbonyl (C=O) groups excluding carboxylic acids is 2. The Bertz CT molecular complexity index is 236. The van der Waals surface area contributed by atoms with Gasteiger partial charge in [0.05, 0.1) is 13.2 Å². The highest BCUT2D eigenvalue weighted by molar-refractivity contribution is 5.77. The van der Waals surface area contributed by atoms with Crippen LogP contribution in [0.4, 0.5) is 0 Å². The molecule has 0 bridgehead atoms. The van der Waals surface area contributed by atoms with Crippen LogP contribution in [0.1, 0.15) is 6.42 Å². The van der Waals surface area contributed by atoms with E-state index in [1.807, 2.05) is 0 Å². The van der Waals surface area contributed by atoms with Gasteiger partial charge in [-0.2, -0.15) is 0 Å². The summed E-state index contributed by atoms with van der Waals surface area (Å²) in [5.41, 5.74) is 0. The largest absolute Gasteiger partial charge is 0.378 e. The molecule has 7 nitrogen and oxygen atoms in total. The second-order valence-corrected chi connectivity index (χ2v) is 3.60. The first-order valence-electron chi connectivity index (χ1n) is 5.95. The number of carbonyl (C=O) groups is 2. The molecule has 0 aromatic heterocycles. The predicted molar refractivity (Wildman–Crippen MR) is 67.3 cm³/mol. The molecule has 2 amide bonds. The molecule has 0 aromatic rings. The van der Waals surface area contributed by atoms with Crippen molar-refractivity contribution in [1.82, 2.24) is 16.0 Å². The van der Waals surface area contributed by atoms with Crippen LogP contribution in [0.25, 0.3) is 0 Å². The van der Waals surface area contributed by atoms with Crippen molar-refractivity contribution in [2.24, 2.45) is 0 Å². The van der Waals surface area contributed by atoms with Crippen LogP contribution in [0.3, 0.4) is 0 Å². The molecule has 7 heteroatoms. The van der Waals surface area contributed by atoms with E-state index in [4.69, 9.17) is 4.74 Å². The van der Waals surface area contributed by atoms with Crippen molar-refractivity contribution in [3.63, 3.8) is 0 Å². The highest BCUT2D eigenvalue weighted by Gasteiger charge is 1.99. The third-order valence-electron chi connectivity index (χ3n) is 2.01. The molecule has 0 saturated carbocycles. The summed E-state index contributed by atoms with van der Waals surface area (Å²) in [6.45, 7) is 2.50. The second-order valence-electron chi connectivity index (χ2n) is 3.60. The minimum Gasteiger partial charge on any atom is -0.378 e. The van der Waals surface area contributed by atoms with E-state index in [1.54, 1.807) is 7.05 Å². The van der Waals surface area contributed by atoms with Crippen molar-refractivity contribution >= 4 is 11.8 Å². The molecule has 0 atom stereocenters. The number of nitrogens with one attached hydrogen (secondary N) is 3. The average molecular weight is 261 g/mol. The normalized spacial score (nSPS) is 10.1. The number of rotatable bonds is 11. The van der Waals surface area contributed by atoms with E-state index >= 15 is 0 Å². The predicted octanol–water partition coefficient (Wildman–Crippen LogP) is -1.51. The van der Waals surface area contributed by atoms with Gasteiger partial charge in [0.15, 0.2) is 0 Å². The fourth-order valence-electron chi connectivity index (χ4n) is 1.14. The van der Waals surface area contributed by atoms with Crippen LogP contribution < -0.4 is 16.0 Å². The molecule has 0 aliphatic rings. The first-order chi connectivity index (χ1) is 8.70. The zero-order valence-electron chi connectivity index (χ0n) is 11.1. The first-order valence-corrected chi connectivity index (χ1v) is 5.95. The number of methoxy groups -OCH3 is 1. The van der Waals surface area contributed by atoms with Crippen LogP contribution in [0.2, 0.25) is 0 Å². The lowest BCUT2D eigenvalue weighted by atomic mass is 10.4. The summed E-state index contributed by atoms with van der Waals surface area (Å²) < 4.78 is 9.88. The van der Waals surface area contributed by atoms with Crippen LogP contribution in [0.15, 0.2) is 0 Å². The van der Waals surface area contributed by atoms with Crippen molar-refractivity contribution in [2.45, 2.75) is 6.42 Å². The molecule has 0 saturated heterocycles. The first kappa shape index (κ1) is 16.8. The topological polar surface area (TPSA) is 88.7 Å². The molecule has 0 aromatic carbocycles. The van der Waals surface area contributed by atoms with E-state index in [9.17, 15) is 9.59 Å². The maximum atomic E-state index is 11.2. The van der Waals surface area contributed by atoms with Gasteiger partial charge in [0.2, 0.25) is 11.8 Å². The lowest BCUT2D eigenvalue weighted by Crippen LogP contribution is -2.32. The molecule has 0 aliphatic heterocycles. The van der Waals surface area contributed by atoms with Crippen molar-refractivity contribution in [2.75, 3.05) is 53.6 Å². The molecular formula is C11H23N3O4. The molecule has 0 heterocycles. The molecule has 18 heavy (non-hydrogen) atoms. The summed E-state index contributed by atoms with van der Waals surface area (Å²) in [7, 11) is 3.26. The van der Waals surface area contributed by atoms with Crippen LogP contribution in [-0.4, -0.2) is 65.4 Å². The summed E-state index contributed by atoms with van der Waals surface area (Å²) in [6, 6.07) is 0. The number of ether oxygens (including phenoxy) is 2. The molecule has 0 rings (SSSR count). The highest BCUT2D eigenvalue weighted by Crippen LogP contribution is 1.78. The SMILES string of the molecule is CNCCC(=O)NCCOCCNC(=O)COC. The van der Waals surface area contributed by atoms with Crippen molar-refractivity contribution in [3.05, 3.63) is 0 Å². The van der Waals surface area contributed by atoms with Gasteiger partial charge in [0.25, 0.3) is 0 Å². The smallest absolute Gasteiger partial charge is 0.246 e. The number of hydrogen-bond acceptors (Lipinski definition) is 5. The third kappa shape index (κ3) is 11.3. The molecule has 0 unspecified atom stereocenters. The van der Waals surface area contributed by atoms with Crippen molar-refractivity contribution < 1.29 is 19.1 Å². The molecule has 106 valence electrons. The lowest BCUT2D eigenvalue weighted by molar-refractivity contribution is -0.125. The Morgan fingerprint density at radius 3 is 2.17 bits per heavy atom. The molecular weight excluding hydrogens is 238 g/mol. The Labute approximate surface area is 108 Å². The van der Waals surface area contributed by atoms with E-state index in [2.05, 4.69) is 20.7 Å². The summed E-state index contributed by atoms with van der Waals surface area (Å²) in [5, 5.41) is 8.25. The maximum absolute atomic E-state index is 11.2. The van der Waals surface area contributed by atoms with Gasteiger partial charge in [0.1, 0.15) is 6.61 Å². The summed E-state index contributed by atoms with van der Waals surface area (Å²) in [6.07, 6.45) is 0.462. The summed E-state index contributed by atoms with van der Waals surface area (Å²) in [4.78, 5) is 22.1. The molecule has 0 spiro atoms. The van der Waals surface area contributed by atoms with Crippen molar-refractivity contribution in [1.29, 1.82) is 0 Å². The standard InChI is InChI=1S/C11H23N3O4/c1-12-4-3-10(15)13-5-7-18-8-6-14-11(16)9-17-2/h12H,3-9H2,1-2H3,(H,13,15)(H,14,16). The molecule has 0 fully saturated rings. The Morgan fingerprint density at radius 1 is 1.00 bits per heavy atom. The Morgan fingerprint density at radius 2 is 1.61 bits per heavy atom. The minimum absolute atomic E-state index is 0.00125. The summed E-state index contributed by atoms with van der Waals surface area (Å²) in [5.74, 6) is -0.164. The van der Waals surface area contributed by atoms with Crippen LogP contribution >= 0.6 is 0 Å². The van der Waals surface area contributed by atoms with Gasteiger partial charge in [-0.15, -0.1) is 0 Å². The molecule has 3 N–H and O–H groups in total. The molecule has 0 radical (unpaired) electrons. The zero-order valence-corrected chi connectivity index (χ0v) is 11.1. The average Bonchev–Trinajstić information content (AvgIpc) is 2.35. The minimum atomic E-state index is -0.165. The van der Waals surface area contributed by atoms with E-state index in [0.29, 0.717) is 39.3 Å². The van der Waals surface area contributed by atoms with Gasteiger partial charge in [-0.25, -0.2) is 0 Å². The molecule has 0 aliphatic carbocycles. The van der Waals surface area contributed by atoms with E-state index in [0.717, 1.165) is 0 Å². The quantitative estimate of drug-likeness (QED) is 0.394. The number of hydrogen-bond donors (Lipinski definition) is 3. The van der Waals surface area contributed by atoms with Gasteiger partial charge in [-0.1, -0.05) is 0 Å². The lowest BCUT2D eigenvalue weighted by Gasteiger charge is -2.07. The fourth-order valence-corrected chi connectivity index (χ4v) is 1.14. The van der Waals surface area contributed by atoms with E-state index < -0.39 is 0 Å². The van der Waals surface area contributed by atoms with Gasteiger partial charge < -0.3 is 25.4 Å². The van der Waals surface area contributed by atoms with Crippen molar-refractivity contribution in [3.8, 4) is 0 Å². The number of amides is 2. The Hall–Kier alpha value is -1.18. The zero-order chi connectivity index (χ0) is 13.6. The monoisotopic (exact) mass is 261 g/mol.